The molecule has 106 valence electrons. The summed E-state index contributed by atoms with van der Waals surface area (Å²) < 4.78 is 10.3. The van der Waals surface area contributed by atoms with E-state index in [0.717, 1.165) is 5.56 Å². The second-order valence-electron chi connectivity index (χ2n) is 4.49. The van der Waals surface area contributed by atoms with Gasteiger partial charge >= 0.3 is 0 Å². The smallest absolute Gasteiger partial charge is 0.184 e. The fourth-order valence-electron chi connectivity index (χ4n) is 2.03. The zero-order valence-corrected chi connectivity index (χ0v) is 10.3. The van der Waals surface area contributed by atoms with Crippen molar-refractivity contribution < 1.29 is 29.9 Å². The van der Waals surface area contributed by atoms with E-state index in [1.807, 2.05) is 30.3 Å². The lowest BCUT2D eigenvalue weighted by molar-refractivity contribution is -0.296. The van der Waals surface area contributed by atoms with Gasteiger partial charge in [0.2, 0.25) is 0 Å². The topological polar surface area (TPSA) is 99.4 Å². The van der Waals surface area contributed by atoms with Gasteiger partial charge in [-0.2, -0.15) is 0 Å². The molecule has 1 saturated heterocycles. The summed E-state index contributed by atoms with van der Waals surface area (Å²) in [5, 5.41) is 38.2. The zero-order chi connectivity index (χ0) is 13.8. The van der Waals surface area contributed by atoms with Gasteiger partial charge in [0.25, 0.3) is 0 Å². The van der Waals surface area contributed by atoms with Crippen molar-refractivity contribution in [1.29, 1.82) is 0 Å². The highest BCUT2D eigenvalue weighted by molar-refractivity contribution is 5.13. The van der Waals surface area contributed by atoms with Gasteiger partial charge in [-0.3, -0.25) is 0 Å². The zero-order valence-electron chi connectivity index (χ0n) is 10.3. The van der Waals surface area contributed by atoms with Crippen LogP contribution in [0.15, 0.2) is 30.3 Å². The number of hydrogen-bond acceptors (Lipinski definition) is 6. The predicted octanol–water partition coefficient (Wildman–Crippen LogP) is -0.997. The minimum Gasteiger partial charge on any atom is -0.394 e. The Bertz CT molecular complexity index is 384. The van der Waals surface area contributed by atoms with Gasteiger partial charge in [-0.05, 0) is 5.56 Å². The van der Waals surface area contributed by atoms with E-state index in [-0.39, 0.29) is 6.61 Å². The third kappa shape index (κ3) is 3.30. The molecule has 0 radical (unpaired) electrons. The number of aliphatic hydroxyl groups is 4. The van der Waals surface area contributed by atoms with Gasteiger partial charge in [-0.15, -0.1) is 0 Å². The van der Waals surface area contributed by atoms with Gasteiger partial charge in [-0.1, -0.05) is 30.3 Å². The second-order valence-corrected chi connectivity index (χ2v) is 4.49. The molecule has 2 rings (SSSR count). The van der Waals surface area contributed by atoms with Gasteiger partial charge in [0.1, 0.15) is 24.4 Å². The first kappa shape index (κ1) is 14.4. The molecule has 1 heterocycles. The molecule has 1 aliphatic rings. The third-order valence-electron chi connectivity index (χ3n) is 3.13. The SMILES string of the molecule is OC[C@@H]1O[C@H](O)[C@H](O)[C@@H](OCc2ccccc2)[C@@H]1O. The Morgan fingerprint density at radius 1 is 1.05 bits per heavy atom. The van der Waals surface area contributed by atoms with Crippen LogP contribution in [0.4, 0.5) is 0 Å². The molecule has 0 spiro atoms. The molecule has 0 amide bonds. The van der Waals surface area contributed by atoms with Gasteiger partial charge < -0.3 is 29.9 Å². The van der Waals surface area contributed by atoms with Crippen LogP contribution in [0.25, 0.3) is 0 Å². The first-order valence-electron chi connectivity index (χ1n) is 6.09. The summed E-state index contributed by atoms with van der Waals surface area (Å²) in [6.07, 6.45) is -6.03. The maximum absolute atomic E-state index is 9.91. The molecule has 0 aromatic heterocycles. The Kier molecular flexibility index (Phi) is 4.87. The summed E-state index contributed by atoms with van der Waals surface area (Å²) in [4.78, 5) is 0. The quantitative estimate of drug-likeness (QED) is 0.560. The Hall–Kier alpha value is -1.02. The van der Waals surface area contributed by atoms with Crippen molar-refractivity contribution in [3.63, 3.8) is 0 Å². The number of aliphatic hydroxyl groups excluding tert-OH is 4. The van der Waals surface area contributed by atoms with E-state index in [0.29, 0.717) is 0 Å². The first-order valence-corrected chi connectivity index (χ1v) is 6.09. The van der Waals surface area contributed by atoms with Crippen LogP contribution < -0.4 is 0 Å². The summed E-state index contributed by atoms with van der Waals surface area (Å²) in [6.45, 7) is -0.277. The van der Waals surface area contributed by atoms with Crippen LogP contribution in [0.2, 0.25) is 0 Å². The number of hydrogen-bond donors (Lipinski definition) is 4. The summed E-state index contributed by atoms with van der Waals surface area (Å²) in [7, 11) is 0. The molecule has 1 fully saturated rings. The minimum atomic E-state index is -1.48. The molecule has 0 unspecified atom stereocenters. The van der Waals surface area contributed by atoms with E-state index < -0.39 is 37.3 Å². The molecule has 5 atom stereocenters. The molecule has 6 nitrogen and oxygen atoms in total. The van der Waals surface area contributed by atoms with Gasteiger partial charge in [0, 0.05) is 0 Å². The standard InChI is InChI=1S/C13H18O6/c14-6-9-10(15)12(11(16)13(17)19-9)18-7-8-4-2-1-3-5-8/h1-5,9-17H,6-7H2/t9-,10+,11+,12-,13-/m0/s1. The predicted molar refractivity (Wildman–Crippen MR) is 65.0 cm³/mol. The van der Waals surface area contributed by atoms with E-state index >= 15 is 0 Å². The van der Waals surface area contributed by atoms with Crippen molar-refractivity contribution in [3.8, 4) is 0 Å². The normalized spacial score (nSPS) is 35.3. The Morgan fingerprint density at radius 2 is 1.74 bits per heavy atom. The average molecular weight is 270 g/mol. The van der Waals surface area contributed by atoms with Crippen LogP contribution >= 0.6 is 0 Å². The largest absolute Gasteiger partial charge is 0.394 e. The molecule has 0 bridgehead atoms. The molecule has 1 aromatic rings. The fraction of sp³-hybridized carbons (Fsp3) is 0.538. The lowest BCUT2D eigenvalue weighted by Gasteiger charge is -2.39. The highest BCUT2D eigenvalue weighted by atomic mass is 16.6. The highest BCUT2D eigenvalue weighted by Gasteiger charge is 2.44. The number of benzene rings is 1. The minimum absolute atomic E-state index is 0.185. The Balaban J connectivity index is 2.00. The van der Waals surface area contributed by atoms with E-state index in [1.165, 1.54) is 0 Å². The fourth-order valence-corrected chi connectivity index (χ4v) is 2.03. The lowest BCUT2D eigenvalue weighted by atomic mass is 9.99. The van der Waals surface area contributed by atoms with E-state index in [4.69, 9.17) is 14.6 Å². The van der Waals surface area contributed by atoms with Crippen molar-refractivity contribution in [2.75, 3.05) is 6.61 Å². The molecule has 6 heteroatoms. The molecule has 19 heavy (non-hydrogen) atoms. The molecule has 0 aliphatic carbocycles. The summed E-state index contributed by atoms with van der Waals surface area (Å²) >= 11 is 0. The van der Waals surface area contributed by atoms with Gasteiger partial charge in [-0.25, -0.2) is 0 Å². The van der Waals surface area contributed by atoms with Crippen LogP contribution in [0.1, 0.15) is 5.56 Å². The summed E-state index contributed by atoms with van der Waals surface area (Å²) in [5.74, 6) is 0. The third-order valence-corrected chi connectivity index (χ3v) is 3.13. The van der Waals surface area contributed by atoms with Crippen molar-refractivity contribution in [2.45, 2.75) is 37.3 Å². The van der Waals surface area contributed by atoms with Crippen molar-refractivity contribution in [2.24, 2.45) is 0 Å². The summed E-state index contributed by atoms with van der Waals surface area (Å²) in [5.41, 5.74) is 0.878. The van der Waals surface area contributed by atoms with E-state index in [9.17, 15) is 15.3 Å². The molecule has 0 saturated carbocycles. The van der Waals surface area contributed by atoms with Crippen LogP contribution in [0, 0.1) is 0 Å². The van der Waals surface area contributed by atoms with Gasteiger partial charge in [0.15, 0.2) is 6.29 Å². The van der Waals surface area contributed by atoms with Crippen LogP contribution in [0.5, 0.6) is 0 Å². The molecule has 1 aliphatic heterocycles. The number of rotatable bonds is 4. The van der Waals surface area contributed by atoms with Crippen LogP contribution in [-0.4, -0.2) is 57.7 Å². The van der Waals surface area contributed by atoms with Crippen molar-refractivity contribution in [1.82, 2.24) is 0 Å². The molecule has 4 N–H and O–H groups in total. The lowest BCUT2D eigenvalue weighted by Crippen LogP contribution is -2.59. The summed E-state index contributed by atoms with van der Waals surface area (Å²) in [6, 6.07) is 9.26. The molecule has 1 aromatic carbocycles. The van der Waals surface area contributed by atoms with E-state index in [1.54, 1.807) is 0 Å². The monoisotopic (exact) mass is 270 g/mol. The van der Waals surface area contributed by atoms with Crippen LogP contribution in [0.3, 0.4) is 0 Å². The second kappa shape index (κ2) is 6.42. The number of ether oxygens (including phenoxy) is 2. The van der Waals surface area contributed by atoms with Crippen LogP contribution in [-0.2, 0) is 16.1 Å². The highest BCUT2D eigenvalue weighted by Crippen LogP contribution is 2.23. The average Bonchev–Trinajstić information content (AvgIpc) is 2.44. The molecular weight excluding hydrogens is 252 g/mol. The maximum Gasteiger partial charge on any atom is 0.184 e. The first-order chi connectivity index (χ1) is 9.13. The van der Waals surface area contributed by atoms with Crippen molar-refractivity contribution in [3.05, 3.63) is 35.9 Å². The van der Waals surface area contributed by atoms with Crippen molar-refractivity contribution >= 4 is 0 Å². The van der Waals surface area contributed by atoms with E-state index in [2.05, 4.69) is 0 Å². The molecular formula is C13H18O6. The Labute approximate surface area is 110 Å². The maximum atomic E-state index is 9.91. The van der Waals surface area contributed by atoms with Gasteiger partial charge in [0.05, 0.1) is 13.2 Å². The Morgan fingerprint density at radius 3 is 2.37 bits per heavy atom.